The molecule has 6 fully saturated rings. The third-order valence-corrected chi connectivity index (χ3v) is 21.0. The van der Waals surface area contributed by atoms with Gasteiger partial charge in [0, 0.05) is 0 Å². The van der Waals surface area contributed by atoms with Crippen LogP contribution in [-0.2, 0) is 0 Å². The van der Waals surface area contributed by atoms with E-state index in [0.29, 0.717) is 45.3 Å². The Morgan fingerprint density at radius 3 is 1.48 bits per heavy atom. The molecule has 0 saturated heterocycles. The van der Waals surface area contributed by atoms with Gasteiger partial charge in [-0.05, 0) is 221 Å². The van der Waals surface area contributed by atoms with E-state index in [1.165, 1.54) is 83.5 Å². The smallest absolute Gasteiger partial charge is 0.0577 e. The summed E-state index contributed by atoms with van der Waals surface area (Å²) < 4.78 is 0. The molecule has 58 heavy (non-hydrogen) atoms. The summed E-state index contributed by atoms with van der Waals surface area (Å²) in [5.74, 6) is 8.76. The molecule has 0 heterocycles. The van der Waals surface area contributed by atoms with Crippen LogP contribution in [0.4, 0.5) is 0 Å². The zero-order valence-electron chi connectivity index (χ0n) is 39.3. The van der Waals surface area contributed by atoms with Crippen molar-refractivity contribution < 1.29 is 20.4 Å². The van der Waals surface area contributed by atoms with Crippen LogP contribution in [0.3, 0.4) is 0 Å². The fourth-order valence-corrected chi connectivity index (χ4v) is 17.2. The zero-order chi connectivity index (χ0) is 41.9. The van der Waals surface area contributed by atoms with E-state index in [9.17, 15) is 20.4 Å². The minimum atomic E-state index is -0.137. The maximum atomic E-state index is 11.0. The van der Waals surface area contributed by atoms with Gasteiger partial charge in [0.1, 0.15) is 0 Å². The number of aliphatic hydroxyl groups is 4. The van der Waals surface area contributed by atoms with Gasteiger partial charge in [-0.15, -0.1) is 0 Å². The molecule has 8 aliphatic rings. The maximum Gasteiger partial charge on any atom is 0.0577 e. The molecule has 0 aromatic rings. The van der Waals surface area contributed by atoms with Crippen LogP contribution in [0, 0.1) is 92.7 Å². The van der Waals surface area contributed by atoms with Crippen molar-refractivity contribution in [2.75, 3.05) is 0 Å². The van der Waals surface area contributed by atoms with Gasteiger partial charge in [-0.3, -0.25) is 0 Å². The number of allylic oxidation sites excluding steroid dienone is 2. The normalized spacial score (nSPS) is 46.5. The predicted octanol–water partition coefficient (Wildman–Crippen LogP) is 12.7. The van der Waals surface area contributed by atoms with E-state index < -0.39 is 0 Å². The number of hydrogen-bond acceptors (Lipinski definition) is 4. The van der Waals surface area contributed by atoms with Gasteiger partial charge < -0.3 is 20.4 Å². The van der Waals surface area contributed by atoms with Crippen molar-refractivity contribution in [2.24, 2.45) is 92.7 Å². The van der Waals surface area contributed by atoms with Gasteiger partial charge in [0.05, 0.1) is 24.4 Å². The standard InChI is InChI=1S/2C27H46O2/c1-17(2)25(29)11-6-18(3)22-9-10-23-21-8-7-19-16-20(28)12-14-26(19,4)24(21)13-15-27(22,23)5;1-17(2)6-11-25(29)18(3)22-9-10-23-21-8-7-19-16-20(28)12-14-26(19,4)24(21)13-15-27(22,23)5/h2*7,17-18,20-25,28-29H,6,8-16H2,1-5H3/t18-,20+,21+,22-,23+,24+,25+,26+,27-;18-,20-,21-,22+,23-,24-,25+,26-,27+/m10/s1. The molecule has 0 aliphatic heterocycles. The Labute approximate surface area is 357 Å². The van der Waals surface area contributed by atoms with Gasteiger partial charge in [-0.2, -0.15) is 0 Å². The second-order valence-corrected chi connectivity index (χ2v) is 24.5. The van der Waals surface area contributed by atoms with Gasteiger partial charge in [0.15, 0.2) is 0 Å². The minimum absolute atomic E-state index is 0.0994. The fraction of sp³-hybridized carbons (Fsp3) is 0.926. The first kappa shape index (κ1) is 45.3. The molecular weight excluding hydrogens is 713 g/mol. The second kappa shape index (κ2) is 17.5. The van der Waals surface area contributed by atoms with Crippen LogP contribution in [-0.4, -0.2) is 44.8 Å². The lowest BCUT2D eigenvalue weighted by molar-refractivity contribution is -0.0681. The van der Waals surface area contributed by atoms with Crippen LogP contribution in [0.2, 0.25) is 0 Å². The Bertz CT molecular complexity index is 1460. The Morgan fingerprint density at radius 2 is 1.00 bits per heavy atom. The van der Waals surface area contributed by atoms with Crippen LogP contribution >= 0.6 is 0 Å². The lowest BCUT2D eigenvalue weighted by atomic mass is 9.47. The molecule has 0 unspecified atom stereocenters. The summed E-state index contributed by atoms with van der Waals surface area (Å²) in [6, 6.07) is 0. The highest BCUT2D eigenvalue weighted by Crippen LogP contribution is 2.69. The summed E-state index contributed by atoms with van der Waals surface area (Å²) in [4.78, 5) is 0. The summed E-state index contributed by atoms with van der Waals surface area (Å²) in [6.45, 7) is 23.9. The molecule has 0 bridgehead atoms. The van der Waals surface area contributed by atoms with Crippen molar-refractivity contribution in [3.8, 4) is 0 Å². The van der Waals surface area contributed by atoms with Crippen LogP contribution in [0.1, 0.15) is 198 Å². The van der Waals surface area contributed by atoms with E-state index in [4.69, 9.17) is 0 Å². The van der Waals surface area contributed by atoms with E-state index in [1.807, 2.05) is 0 Å². The average Bonchev–Trinajstić information content (AvgIpc) is 3.73. The molecular formula is C54H92O4. The minimum Gasteiger partial charge on any atom is -0.393 e. The highest BCUT2D eigenvalue weighted by Gasteiger charge is 2.61. The average molecular weight is 805 g/mol. The summed E-state index contributed by atoms with van der Waals surface area (Å²) in [5, 5.41) is 41.7. The van der Waals surface area contributed by atoms with Gasteiger partial charge in [-0.25, -0.2) is 0 Å². The first-order valence-corrected chi connectivity index (χ1v) is 25.4. The van der Waals surface area contributed by atoms with Crippen molar-refractivity contribution in [1.29, 1.82) is 0 Å². The molecule has 4 nitrogen and oxygen atoms in total. The first-order valence-electron chi connectivity index (χ1n) is 25.4. The van der Waals surface area contributed by atoms with Crippen molar-refractivity contribution in [3.63, 3.8) is 0 Å². The lowest BCUT2D eigenvalue weighted by Crippen LogP contribution is -2.51. The molecule has 8 aliphatic carbocycles. The van der Waals surface area contributed by atoms with E-state index in [2.05, 4.69) is 81.4 Å². The summed E-state index contributed by atoms with van der Waals surface area (Å²) in [6.07, 6.45) is 28.6. The molecule has 332 valence electrons. The molecule has 6 saturated carbocycles. The molecule has 0 aromatic heterocycles. The lowest BCUT2D eigenvalue weighted by Gasteiger charge is -2.58. The Hall–Kier alpha value is -0.680. The molecule has 4 N–H and O–H groups in total. The third-order valence-electron chi connectivity index (χ3n) is 21.0. The molecule has 0 radical (unpaired) electrons. The van der Waals surface area contributed by atoms with E-state index in [1.54, 1.807) is 11.1 Å². The highest BCUT2D eigenvalue weighted by molar-refractivity contribution is 5.27. The maximum absolute atomic E-state index is 11.0. The fourth-order valence-electron chi connectivity index (χ4n) is 17.2. The number of fused-ring (bicyclic) bond motifs is 10. The Balaban J connectivity index is 0.000000177. The second-order valence-electron chi connectivity index (χ2n) is 24.5. The Kier molecular flexibility index (Phi) is 13.7. The van der Waals surface area contributed by atoms with Crippen LogP contribution < -0.4 is 0 Å². The largest absolute Gasteiger partial charge is 0.393 e. The highest BCUT2D eigenvalue weighted by atomic mass is 16.3. The molecule has 0 spiro atoms. The molecule has 0 aromatic carbocycles. The van der Waals surface area contributed by atoms with Crippen molar-refractivity contribution in [1.82, 2.24) is 0 Å². The topological polar surface area (TPSA) is 80.9 Å². The number of rotatable bonds is 10. The predicted molar refractivity (Wildman–Crippen MR) is 241 cm³/mol. The monoisotopic (exact) mass is 805 g/mol. The first-order chi connectivity index (χ1) is 27.3. The van der Waals surface area contributed by atoms with Crippen LogP contribution in [0.5, 0.6) is 0 Å². The van der Waals surface area contributed by atoms with Crippen molar-refractivity contribution in [3.05, 3.63) is 23.3 Å². The number of aliphatic hydroxyl groups excluding tert-OH is 4. The molecule has 18 atom stereocenters. The molecule has 4 heteroatoms. The number of hydrogen-bond donors (Lipinski definition) is 4. The van der Waals surface area contributed by atoms with E-state index in [-0.39, 0.29) is 24.4 Å². The van der Waals surface area contributed by atoms with Gasteiger partial charge in [0.25, 0.3) is 0 Å². The van der Waals surface area contributed by atoms with Crippen LogP contribution in [0.25, 0.3) is 0 Å². The van der Waals surface area contributed by atoms with Gasteiger partial charge in [0.2, 0.25) is 0 Å². The van der Waals surface area contributed by atoms with Gasteiger partial charge >= 0.3 is 0 Å². The summed E-state index contributed by atoms with van der Waals surface area (Å²) in [7, 11) is 0. The Morgan fingerprint density at radius 1 is 0.534 bits per heavy atom. The van der Waals surface area contributed by atoms with Crippen LogP contribution in [0.15, 0.2) is 23.3 Å². The van der Waals surface area contributed by atoms with Crippen molar-refractivity contribution in [2.45, 2.75) is 222 Å². The summed E-state index contributed by atoms with van der Waals surface area (Å²) >= 11 is 0. The molecule has 0 amide bonds. The van der Waals surface area contributed by atoms with E-state index >= 15 is 0 Å². The SMILES string of the molecule is CC(C)CC[C@@H](O)[C@@H](C)[C@H]1CC[C@H]2[C@@H]3CC=C4C[C@@H](O)CC[C@]4(C)[C@H]3CC[C@]12C.CC(C)[C@@H](O)CC[C@@H](C)[C@H]1CC[C@H]2[C@@H]3CC=C4C[C@@H](O)CC[C@]4(C)[C@H]3CC[C@]12C. The quantitative estimate of drug-likeness (QED) is 0.166. The van der Waals surface area contributed by atoms with Crippen molar-refractivity contribution >= 4 is 0 Å². The zero-order valence-corrected chi connectivity index (χ0v) is 39.3. The molecule has 8 rings (SSSR count). The van der Waals surface area contributed by atoms with Gasteiger partial charge in [-0.1, -0.05) is 92.5 Å². The van der Waals surface area contributed by atoms with E-state index in [0.717, 1.165) is 92.3 Å². The third kappa shape index (κ3) is 8.17. The summed E-state index contributed by atoms with van der Waals surface area (Å²) in [5.41, 5.74) is 4.77.